The van der Waals surface area contributed by atoms with Crippen LogP contribution in [0.3, 0.4) is 0 Å². The molecular formula is C45H27N5S. The highest BCUT2D eigenvalue weighted by Crippen LogP contribution is 2.43. The summed E-state index contributed by atoms with van der Waals surface area (Å²) in [6.45, 7) is 0. The lowest BCUT2D eigenvalue weighted by Crippen LogP contribution is -2.00. The smallest absolute Gasteiger partial charge is 0.164 e. The van der Waals surface area contributed by atoms with Crippen LogP contribution in [-0.4, -0.2) is 24.9 Å². The molecule has 0 spiro atoms. The van der Waals surface area contributed by atoms with Gasteiger partial charge in [-0.2, -0.15) is 0 Å². The van der Waals surface area contributed by atoms with Crippen LogP contribution in [0, 0.1) is 0 Å². The molecule has 6 heteroatoms. The summed E-state index contributed by atoms with van der Waals surface area (Å²) >= 11 is 1.83. The average molecular weight is 670 g/mol. The van der Waals surface area contributed by atoms with Crippen molar-refractivity contribution in [2.24, 2.45) is 0 Å². The molecule has 10 rings (SSSR count). The van der Waals surface area contributed by atoms with Crippen molar-refractivity contribution < 1.29 is 0 Å². The van der Waals surface area contributed by atoms with Crippen LogP contribution in [0.5, 0.6) is 0 Å². The van der Waals surface area contributed by atoms with Gasteiger partial charge in [0, 0.05) is 71.0 Å². The van der Waals surface area contributed by atoms with Crippen molar-refractivity contribution in [1.29, 1.82) is 0 Å². The van der Waals surface area contributed by atoms with E-state index < -0.39 is 0 Å². The van der Waals surface area contributed by atoms with Gasteiger partial charge in [-0.25, -0.2) is 19.9 Å². The fourth-order valence-electron chi connectivity index (χ4n) is 6.93. The fourth-order valence-corrected chi connectivity index (χ4v) is 8.19. The largest absolute Gasteiger partial charge is 0.264 e. The quantitative estimate of drug-likeness (QED) is 0.171. The molecule has 0 atom stereocenters. The summed E-state index contributed by atoms with van der Waals surface area (Å²) in [5.41, 5.74) is 7.88. The predicted molar refractivity (Wildman–Crippen MR) is 210 cm³/mol. The summed E-state index contributed by atoms with van der Waals surface area (Å²) in [4.78, 5) is 24.8. The van der Waals surface area contributed by atoms with Gasteiger partial charge in [0.1, 0.15) is 0 Å². The van der Waals surface area contributed by atoms with E-state index in [1.807, 2.05) is 66.2 Å². The lowest BCUT2D eigenvalue weighted by atomic mass is 9.98. The molecule has 0 bridgehead atoms. The molecule has 238 valence electrons. The van der Waals surface area contributed by atoms with Gasteiger partial charge in [-0.1, -0.05) is 133 Å². The third-order valence-corrected chi connectivity index (χ3v) is 10.6. The van der Waals surface area contributed by atoms with Crippen molar-refractivity contribution >= 4 is 53.2 Å². The topological polar surface area (TPSA) is 64.5 Å². The summed E-state index contributed by atoms with van der Waals surface area (Å²) < 4.78 is 2.52. The van der Waals surface area contributed by atoms with Crippen molar-refractivity contribution in [2.45, 2.75) is 0 Å². The van der Waals surface area contributed by atoms with Gasteiger partial charge >= 0.3 is 0 Å². The van der Waals surface area contributed by atoms with Crippen molar-refractivity contribution in [2.75, 3.05) is 0 Å². The van der Waals surface area contributed by atoms with Crippen molar-refractivity contribution in [3.05, 3.63) is 164 Å². The van der Waals surface area contributed by atoms with Gasteiger partial charge in [0.15, 0.2) is 17.5 Å². The SMILES string of the molecule is c1ccc(-c2ccc(-c3nc(-c4ccccc4)nc(-c4cccc(-c5nc6ccncc6c6c5ccc5c7ccccc7sc56)c4)n3)cc2)cc1. The third kappa shape index (κ3) is 5.12. The molecule has 5 nitrogen and oxygen atoms in total. The van der Waals surface area contributed by atoms with E-state index in [0.29, 0.717) is 17.5 Å². The first-order chi connectivity index (χ1) is 25.3. The Balaban J connectivity index is 1.14. The number of benzene rings is 6. The minimum absolute atomic E-state index is 0.606. The summed E-state index contributed by atoms with van der Waals surface area (Å²) in [5.74, 6) is 1.86. The number of rotatable bonds is 5. The van der Waals surface area contributed by atoms with Gasteiger partial charge in [-0.15, -0.1) is 11.3 Å². The van der Waals surface area contributed by atoms with E-state index in [-0.39, 0.29) is 0 Å². The first kappa shape index (κ1) is 29.3. The Morgan fingerprint density at radius 2 is 0.980 bits per heavy atom. The highest BCUT2D eigenvalue weighted by atomic mass is 32.1. The molecule has 4 aromatic heterocycles. The van der Waals surface area contributed by atoms with Crippen LogP contribution in [0.1, 0.15) is 0 Å². The molecule has 0 aliphatic rings. The van der Waals surface area contributed by atoms with Crippen LogP contribution in [0.4, 0.5) is 0 Å². The zero-order valence-electron chi connectivity index (χ0n) is 27.2. The van der Waals surface area contributed by atoms with Gasteiger partial charge in [-0.3, -0.25) is 4.98 Å². The highest BCUT2D eigenvalue weighted by Gasteiger charge is 2.18. The molecule has 10 aromatic rings. The Labute approximate surface area is 297 Å². The number of thiophene rings is 1. The van der Waals surface area contributed by atoms with E-state index in [1.54, 1.807) is 0 Å². The fraction of sp³-hybridized carbons (Fsp3) is 0. The number of pyridine rings is 2. The van der Waals surface area contributed by atoms with Crippen molar-refractivity contribution in [1.82, 2.24) is 24.9 Å². The Morgan fingerprint density at radius 3 is 1.76 bits per heavy atom. The van der Waals surface area contributed by atoms with Gasteiger partial charge in [0.2, 0.25) is 0 Å². The maximum absolute atomic E-state index is 5.24. The van der Waals surface area contributed by atoms with Crippen LogP contribution in [0.2, 0.25) is 0 Å². The molecule has 6 aromatic carbocycles. The molecular weight excluding hydrogens is 643 g/mol. The van der Waals surface area contributed by atoms with Crippen LogP contribution in [0.15, 0.2) is 164 Å². The van der Waals surface area contributed by atoms with Crippen LogP contribution < -0.4 is 0 Å². The summed E-state index contributed by atoms with van der Waals surface area (Å²) in [7, 11) is 0. The molecule has 51 heavy (non-hydrogen) atoms. The lowest BCUT2D eigenvalue weighted by molar-refractivity contribution is 1.07. The minimum atomic E-state index is 0.606. The molecule has 0 aliphatic carbocycles. The maximum Gasteiger partial charge on any atom is 0.164 e. The van der Waals surface area contributed by atoms with Gasteiger partial charge < -0.3 is 0 Å². The average Bonchev–Trinajstić information content (AvgIpc) is 3.60. The lowest BCUT2D eigenvalue weighted by Gasteiger charge is -2.12. The van der Waals surface area contributed by atoms with Crippen molar-refractivity contribution in [3.63, 3.8) is 0 Å². The Bertz CT molecular complexity index is 2900. The number of hydrogen-bond donors (Lipinski definition) is 0. The molecule has 0 amide bonds. The van der Waals surface area contributed by atoms with Crippen molar-refractivity contribution in [3.8, 4) is 56.5 Å². The number of aromatic nitrogens is 5. The maximum atomic E-state index is 5.24. The standard InChI is InChI=1S/C45H27N5S/c1-3-10-28(11-4-1)29-18-20-31(21-19-29)44-48-43(30-12-5-2-6-13-30)49-45(50-44)33-15-9-14-32(26-33)41-36-23-22-35-34-16-7-8-17-39(34)51-42(35)40(36)37-27-46-25-24-38(37)47-41/h1-27H. The second-order valence-corrected chi connectivity index (χ2v) is 13.6. The van der Waals surface area contributed by atoms with E-state index in [9.17, 15) is 0 Å². The second kappa shape index (κ2) is 12.1. The number of nitrogens with zero attached hydrogens (tertiary/aromatic N) is 5. The Morgan fingerprint density at radius 1 is 0.392 bits per heavy atom. The van der Waals surface area contributed by atoms with Gasteiger partial charge in [0.05, 0.1) is 11.2 Å². The molecule has 0 unspecified atom stereocenters. The Hall–Kier alpha value is -6.63. The van der Waals surface area contributed by atoms with Gasteiger partial charge in [-0.05, 0) is 29.3 Å². The Kier molecular flexibility index (Phi) is 6.93. The molecule has 4 heterocycles. The first-order valence-electron chi connectivity index (χ1n) is 16.8. The number of fused-ring (bicyclic) bond motifs is 7. The predicted octanol–water partition coefficient (Wildman–Crippen LogP) is 11.7. The zero-order valence-corrected chi connectivity index (χ0v) is 28.0. The minimum Gasteiger partial charge on any atom is -0.264 e. The second-order valence-electron chi connectivity index (χ2n) is 12.5. The molecule has 0 aliphatic heterocycles. The normalized spacial score (nSPS) is 11.5. The number of hydrogen-bond acceptors (Lipinski definition) is 6. The molecule has 0 saturated heterocycles. The van der Waals surface area contributed by atoms with E-state index >= 15 is 0 Å². The van der Waals surface area contributed by atoms with E-state index in [1.165, 1.54) is 31.1 Å². The summed E-state index contributed by atoms with van der Waals surface area (Å²) in [6, 6.07) is 52.3. The molecule has 0 saturated carbocycles. The van der Waals surface area contributed by atoms with Crippen LogP contribution in [-0.2, 0) is 0 Å². The molecule has 0 N–H and O–H groups in total. The van der Waals surface area contributed by atoms with E-state index in [2.05, 4.69) is 114 Å². The molecule has 0 fully saturated rings. The third-order valence-electron chi connectivity index (χ3n) is 9.41. The monoisotopic (exact) mass is 669 g/mol. The van der Waals surface area contributed by atoms with Crippen LogP contribution >= 0.6 is 11.3 Å². The summed E-state index contributed by atoms with van der Waals surface area (Å²) in [5, 5.41) is 5.84. The van der Waals surface area contributed by atoms with Gasteiger partial charge in [0.25, 0.3) is 0 Å². The van der Waals surface area contributed by atoms with Crippen LogP contribution in [0.25, 0.3) is 98.4 Å². The zero-order chi connectivity index (χ0) is 33.7. The van der Waals surface area contributed by atoms with E-state index in [4.69, 9.17) is 19.9 Å². The summed E-state index contributed by atoms with van der Waals surface area (Å²) in [6.07, 6.45) is 3.76. The highest BCUT2D eigenvalue weighted by molar-refractivity contribution is 7.26. The van der Waals surface area contributed by atoms with E-state index in [0.717, 1.165) is 49.8 Å². The first-order valence-corrected chi connectivity index (χ1v) is 17.6. The molecule has 0 radical (unpaired) electrons.